The van der Waals surface area contributed by atoms with E-state index in [-0.39, 0.29) is 0 Å². The molecule has 1 fully saturated rings. The summed E-state index contributed by atoms with van der Waals surface area (Å²) in [6.45, 7) is 4.56. The lowest BCUT2D eigenvalue weighted by Crippen LogP contribution is -2.35. The van der Waals surface area contributed by atoms with Crippen LogP contribution in [0.25, 0.3) is 21.9 Å². The molecule has 28 heavy (non-hydrogen) atoms. The van der Waals surface area contributed by atoms with Gasteiger partial charge >= 0.3 is 0 Å². The number of nitrogens with zero attached hydrogens (tertiary/aromatic N) is 3. The summed E-state index contributed by atoms with van der Waals surface area (Å²) in [6, 6.07) is 14.9. The first kappa shape index (κ1) is 17.2. The van der Waals surface area contributed by atoms with Gasteiger partial charge in [-0.3, -0.25) is 4.90 Å². The van der Waals surface area contributed by atoms with E-state index < -0.39 is 0 Å². The van der Waals surface area contributed by atoms with E-state index in [1.165, 1.54) is 16.7 Å². The van der Waals surface area contributed by atoms with Crippen LogP contribution < -0.4 is 5.73 Å². The largest absolute Gasteiger partial charge is 0.382 e. The average Bonchev–Trinajstić information content (AvgIpc) is 3.21. The van der Waals surface area contributed by atoms with Crippen LogP contribution in [0.5, 0.6) is 0 Å². The van der Waals surface area contributed by atoms with Crippen LogP contribution in [0.1, 0.15) is 16.7 Å². The van der Waals surface area contributed by atoms with Gasteiger partial charge in [-0.1, -0.05) is 36.4 Å². The number of morpholine rings is 1. The number of imidazole rings is 1. The number of nitrogen functional groups attached to an aromatic ring is 1. The summed E-state index contributed by atoms with van der Waals surface area (Å²) in [5, 5.41) is 1.10. The van der Waals surface area contributed by atoms with Crippen LogP contribution in [0.4, 0.5) is 5.82 Å². The lowest BCUT2D eigenvalue weighted by Gasteiger charge is -2.27. The fraction of sp³-hybridized carbons (Fsp3) is 0.273. The molecule has 0 atom stereocenters. The number of nitrogens with one attached hydrogen (secondary N) is 1. The number of ether oxygens (including phenoxy) is 1. The number of aromatic nitrogens is 3. The Balaban J connectivity index is 1.55. The highest BCUT2D eigenvalue weighted by molar-refractivity contribution is 6.07. The number of rotatable bonds is 4. The number of H-pyrrole nitrogens is 1. The number of aromatic amines is 1. The molecule has 142 valence electrons. The summed E-state index contributed by atoms with van der Waals surface area (Å²) in [5.74, 6) is 0.466. The van der Waals surface area contributed by atoms with Crippen molar-refractivity contribution in [2.75, 3.05) is 32.0 Å². The van der Waals surface area contributed by atoms with Crippen LogP contribution in [0, 0.1) is 0 Å². The zero-order chi connectivity index (χ0) is 18.9. The SMILES string of the molecule is Nc1nc2cccc(Cc3ccccc3CN3CCOCC3)c2c2[nH]cnc12. The maximum atomic E-state index is 6.09. The Hall–Kier alpha value is -2.96. The lowest BCUT2D eigenvalue weighted by atomic mass is 9.96. The summed E-state index contributed by atoms with van der Waals surface area (Å²) in [4.78, 5) is 14.6. The van der Waals surface area contributed by atoms with Crippen molar-refractivity contribution in [3.63, 3.8) is 0 Å². The highest BCUT2D eigenvalue weighted by Crippen LogP contribution is 2.30. The van der Waals surface area contributed by atoms with Crippen LogP contribution in [-0.2, 0) is 17.7 Å². The Morgan fingerprint density at radius 1 is 1.00 bits per heavy atom. The number of pyridine rings is 1. The number of anilines is 1. The molecule has 1 aliphatic rings. The van der Waals surface area contributed by atoms with Gasteiger partial charge in [0.2, 0.25) is 0 Å². The molecular formula is C22H23N5O. The standard InChI is InChI=1S/C22H23N5O/c23-22-21-20(24-14-25-21)19-16(6-3-7-18(19)26-22)12-15-4-1-2-5-17(15)13-27-8-10-28-11-9-27/h1-7,14H,8-13H2,(H2,23,26)(H,24,25). The van der Waals surface area contributed by atoms with Crippen LogP contribution in [0.15, 0.2) is 48.8 Å². The Kier molecular flexibility index (Phi) is 4.43. The highest BCUT2D eigenvalue weighted by atomic mass is 16.5. The van der Waals surface area contributed by atoms with E-state index in [9.17, 15) is 0 Å². The fourth-order valence-electron chi connectivity index (χ4n) is 4.07. The van der Waals surface area contributed by atoms with Crippen molar-refractivity contribution in [3.8, 4) is 0 Å². The molecule has 0 unspecified atom stereocenters. The van der Waals surface area contributed by atoms with Crippen molar-refractivity contribution in [2.24, 2.45) is 0 Å². The molecule has 3 N–H and O–H groups in total. The molecule has 1 aliphatic heterocycles. The second-order valence-corrected chi connectivity index (χ2v) is 7.27. The molecule has 0 amide bonds. The van der Waals surface area contributed by atoms with Crippen LogP contribution >= 0.6 is 0 Å². The van der Waals surface area contributed by atoms with Crippen molar-refractivity contribution >= 4 is 27.8 Å². The average molecular weight is 373 g/mol. The Morgan fingerprint density at radius 2 is 1.79 bits per heavy atom. The number of benzene rings is 2. The second kappa shape index (κ2) is 7.22. The topological polar surface area (TPSA) is 80.1 Å². The molecule has 6 heteroatoms. The molecule has 0 bridgehead atoms. The van der Waals surface area contributed by atoms with Crippen molar-refractivity contribution < 1.29 is 4.74 Å². The molecule has 4 aromatic rings. The van der Waals surface area contributed by atoms with Crippen molar-refractivity contribution in [3.05, 3.63) is 65.5 Å². The van der Waals surface area contributed by atoms with E-state index in [1.54, 1.807) is 6.33 Å². The predicted octanol–water partition coefficient (Wildman–Crippen LogP) is 3.12. The van der Waals surface area contributed by atoms with Gasteiger partial charge in [-0.25, -0.2) is 9.97 Å². The van der Waals surface area contributed by atoms with E-state index in [4.69, 9.17) is 10.5 Å². The quantitative estimate of drug-likeness (QED) is 0.575. The minimum Gasteiger partial charge on any atom is -0.382 e. The fourth-order valence-corrected chi connectivity index (χ4v) is 4.07. The molecule has 2 aromatic carbocycles. The molecule has 0 aliphatic carbocycles. The number of hydrogen-bond acceptors (Lipinski definition) is 5. The van der Waals surface area contributed by atoms with Gasteiger partial charge in [0.05, 0.1) is 30.6 Å². The molecule has 6 nitrogen and oxygen atoms in total. The first-order valence-corrected chi connectivity index (χ1v) is 9.66. The van der Waals surface area contributed by atoms with E-state index in [1.807, 2.05) is 6.07 Å². The van der Waals surface area contributed by atoms with Gasteiger partial charge in [-0.15, -0.1) is 0 Å². The number of hydrogen-bond donors (Lipinski definition) is 2. The summed E-state index contributed by atoms with van der Waals surface area (Å²) in [6.07, 6.45) is 2.53. The zero-order valence-corrected chi connectivity index (χ0v) is 15.7. The van der Waals surface area contributed by atoms with Gasteiger partial charge in [0.1, 0.15) is 5.52 Å². The predicted molar refractivity (Wildman–Crippen MR) is 111 cm³/mol. The summed E-state index contributed by atoms with van der Waals surface area (Å²) in [7, 11) is 0. The maximum absolute atomic E-state index is 6.09. The number of nitrogens with two attached hydrogens (primary N) is 1. The van der Waals surface area contributed by atoms with E-state index in [0.717, 1.165) is 61.2 Å². The summed E-state index contributed by atoms with van der Waals surface area (Å²) < 4.78 is 5.49. The second-order valence-electron chi connectivity index (χ2n) is 7.27. The summed E-state index contributed by atoms with van der Waals surface area (Å²) in [5.41, 5.74) is 12.6. The van der Waals surface area contributed by atoms with Gasteiger partial charge in [0.15, 0.2) is 5.82 Å². The van der Waals surface area contributed by atoms with Crippen molar-refractivity contribution in [1.29, 1.82) is 0 Å². The monoisotopic (exact) mass is 373 g/mol. The Bertz CT molecular complexity index is 1130. The Labute approximate surface area is 163 Å². The number of fused-ring (bicyclic) bond motifs is 3. The normalized spacial score (nSPS) is 15.4. The zero-order valence-electron chi connectivity index (χ0n) is 15.7. The Morgan fingerprint density at radius 3 is 2.64 bits per heavy atom. The molecule has 0 saturated carbocycles. The van der Waals surface area contributed by atoms with Gasteiger partial charge < -0.3 is 15.5 Å². The van der Waals surface area contributed by atoms with Gasteiger partial charge in [-0.2, -0.15) is 0 Å². The smallest absolute Gasteiger partial charge is 0.152 e. The molecule has 0 spiro atoms. The minimum absolute atomic E-state index is 0.466. The lowest BCUT2D eigenvalue weighted by molar-refractivity contribution is 0.0341. The van der Waals surface area contributed by atoms with Gasteiger partial charge in [0, 0.05) is 25.0 Å². The first-order valence-electron chi connectivity index (χ1n) is 9.66. The first-order chi connectivity index (χ1) is 13.8. The molecule has 1 saturated heterocycles. The molecule has 0 radical (unpaired) electrons. The third-order valence-electron chi connectivity index (χ3n) is 5.50. The third kappa shape index (κ3) is 3.10. The van der Waals surface area contributed by atoms with Gasteiger partial charge in [0.25, 0.3) is 0 Å². The molecular weight excluding hydrogens is 350 g/mol. The van der Waals surface area contributed by atoms with Gasteiger partial charge in [-0.05, 0) is 29.2 Å². The highest BCUT2D eigenvalue weighted by Gasteiger charge is 2.15. The third-order valence-corrected chi connectivity index (χ3v) is 5.50. The van der Waals surface area contributed by atoms with E-state index in [0.29, 0.717) is 5.82 Å². The molecule has 3 heterocycles. The van der Waals surface area contributed by atoms with E-state index in [2.05, 4.69) is 56.3 Å². The summed E-state index contributed by atoms with van der Waals surface area (Å²) >= 11 is 0. The van der Waals surface area contributed by atoms with Crippen LogP contribution in [0.2, 0.25) is 0 Å². The van der Waals surface area contributed by atoms with Crippen molar-refractivity contribution in [2.45, 2.75) is 13.0 Å². The molecule has 2 aromatic heterocycles. The van der Waals surface area contributed by atoms with Crippen LogP contribution in [0.3, 0.4) is 0 Å². The van der Waals surface area contributed by atoms with Crippen molar-refractivity contribution in [1.82, 2.24) is 19.9 Å². The molecule has 5 rings (SSSR count). The minimum atomic E-state index is 0.466. The maximum Gasteiger partial charge on any atom is 0.152 e. The van der Waals surface area contributed by atoms with E-state index >= 15 is 0 Å². The van der Waals surface area contributed by atoms with Crippen LogP contribution in [-0.4, -0.2) is 46.2 Å².